The average molecular weight is 183 g/mol. The molecule has 0 aromatic rings. The van der Waals surface area contributed by atoms with Crippen LogP contribution in [0.1, 0.15) is 32.6 Å². The van der Waals surface area contributed by atoms with Crippen LogP contribution in [0.3, 0.4) is 0 Å². The summed E-state index contributed by atoms with van der Waals surface area (Å²) in [7, 11) is 0. The van der Waals surface area contributed by atoms with Crippen molar-refractivity contribution in [3.05, 3.63) is 0 Å². The van der Waals surface area contributed by atoms with Crippen LogP contribution in [0.15, 0.2) is 0 Å². The number of carbonyl (C=O) groups is 1. The Morgan fingerprint density at radius 1 is 1.31 bits per heavy atom. The van der Waals surface area contributed by atoms with Gasteiger partial charge in [-0.1, -0.05) is 0 Å². The summed E-state index contributed by atoms with van der Waals surface area (Å²) >= 11 is 0. The monoisotopic (exact) mass is 183 g/mol. The lowest BCUT2D eigenvalue weighted by molar-refractivity contribution is -0.139. The van der Waals surface area contributed by atoms with Crippen molar-refractivity contribution in [2.24, 2.45) is 11.8 Å². The van der Waals surface area contributed by atoms with Crippen LogP contribution in [0.5, 0.6) is 0 Å². The minimum Gasteiger partial charge on any atom is -0.480 e. The molecule has 1 atom stereocenters. The van der Waals surface area contributed by atoms with Gasteiger partial charge in [0.05, 0.1) is 0 Å². The van der Waals surface area contributed by atoms with Crippen molar-refractivity contribution in [3.8, 4) is 0 Å². The van der Waals surface area contributed by atoms with Crippen LogP contribution in [0.4, 0.5) is 0 Å². The second-order valence-corrected chi connectivity index (χ2v) is 4.43. The largest absolute Gasteiger partial charge is 0.480 e. The zero-order chi connectivity index (χ0) is 9.42. The first-order chi connectivity index (χ1) is 6.18. The summed E-state index contributed by atoms with van der Waals surface area (Å²) in [5, 5.41) is 12.0. The maximum absolute atomic E-state index is 10.7. The lowest BCUT2D eigenvalue weighted by Gasteiger charge is -2.20. The van der Waals surface area contributed by atoms with E-state index < -0.39 is 5.97 Å². The zero-order valence-corrected chi connectivity index (χ0v) is 7.99. The first-order valence-electron chi connectivity index (χ1n) is 5.17. The van der Waals surface area contributed by atoms with Gasteiger partial charge in [0.2, 0.25) is 0 Å². The molecule has 0 aromatic heterocycles. The van der Waals surface area contributed by atoms with E-state index in [2.05, 4.69) is 5.32 Å². The second kappa shape index (κ2) is 3.29. The quantitative estimate of drug-likeness (QED) is 0.674. The fourth-order valence-electron chi connectivity index (χ4n) is 1.93. The molecule has 2 N–H and O–H groups in total. The fourth-order valence-corrected chi connectivity index (χ4v) is 1.93. The van der Waals surface area contributed by atoms with Crippen molar-refractivity contribution in [3.63, 3.8) is 0 Å². The van der Waals surface area contributed by atoms with Crippen LogP contribution in [0.25, 0.3) is 0 Å². The molecule has 2 aliphatic rings. The number of rotatable bonds is 5. The van der Waals surface area contributed by atoms with Gasteiger partial charge in [-0.3, -0.25) is 4.79 Å². The van der Waals surface area contributed by atoms with Gasteiger partial charge in [0, 0.05) is 6.04 Å². The highest BCUT2D eigenvalue weighted by Gasteiger charge is 2.42. The molecular weight excluding hydrogens is 166 g/mol. The molecule has 2 fully saturated rings. The Morgan fingerprint density at radius 3 is 2.08 bits per heavy atom. The fraction of sp³-hybridized carbons (Fsp3) is 0.900. The lowest BCUT2D eigenvalue weighted by Crippen LogP contribution is -2.43. The minimum atomic E-state index is -0.730. The molecule has 3 nitrogen and oxygen atoms in total. The third-order valence-corrected chi connectivity index (χ3v) is 3.07. The molecule has 13 heavy (non-hydrogen) atoms. The Morgan fingerprint density at radius 2 is 1.77 bits per heavy atom. The number of nitrogens with one attached hydrogen (secondary N) is 1. The number of hydrogen-bond donors (Lipinski definition) is 2. The summed E-state index contributed by atoms with van der Waals surface area (Å²) in [6.07, 6.45) is 5.17. The summed E-state index contributed by atoms with van der Waals surface area (Å²) in [6.45, 7) is 1.74. The van der Waals surface area contributed by atoms with Gasteiger partial charge in [0.15, 0.2) is 0 Å². The smallest absolute Gasteiger partial charge is 0.320 e. The van der Waals surface area contributed by atoms with Crippen molar-refractivity contribution in [1.29, 1.82) is 0 Å². The van der Waals surface area contributed by atoms with Crippen molar-refractivity contribution < 1.29 is 9.90 Å². The molecule has 0 amide bonds. The molecule has 0 saturated heterocycles. The van der Waals surface area contributed by atoms with E-state index >= 15 is 0 Å². The lowest BCUT2D eigenvalue weighted by atomic mass is 10.1. The molecule has 1 unspecified atom stereocenters. The predicted octanol–water partition coefficient (Wildman–Crippen LogP) is 1.24. The van der Waals surface area contributed by atoms with Gasteiger partial charge < -0.3 is 10.4 Å². The molecule has 0 bridgehead atoms. The molecule has 0 radical (unpaired) electrons. The van der Waals surface area contributed by atoms with E-state index in [-0.39, 0.29) is 6.04 Å². The first kappa shape index (κ1) is 9.00. The van der Waals surface area contributed by atoms with Crippen LogP contribution in [-0.2, 0) is 4.79 Å². The van der Waals surface area contributed by atoms with Crippen LogP contribution in [-0.4, -0.2) is 23.2 Å². The van der Waals surface area contributed by atoms with Gasteiger partial charge >= 0.3 is 5.97 Å². The molecule has 0 heterocycles. The van der Waals surface area contributed by atoms with Crippen molar-refractivity contribution >= 4 is 5.97 Å². The summed E-state index contributed by atoms with van der Waals surface area (Å²) in [4.78, 5) is 10.7. The van der Waals surface area contributed by atoms with Gasteiger partial charge in [-0.05, 0) is 44.4 Å². The highest BCUT2D eigenvalue weighted by atomic mass is 16.4. The summed E-state index contributed by atoms with van der Waals surface area (Å²) in [5.41, 5.74) is 0. The van der Waals surface area contributed by atoms with E-state index in [0.717, 1.165) is 11.8 Å². The van der Waals surface area contributed by atoms with Gasteiger partial charge in [-0.2, -0.15) is 0 Å². The first-order valence-corrected chi connectivity index (χ1v) is 5.17. The molecular formula is C10H17NO2. The van der Waals surface area contributed by atoms with Crippen LogP contribution in [0.2, 0.25) is 0 Å². The maximum Gasteiger partial charge on any atom is 0.320 e. The number of hydrogen-bond acceptors (Lipinski definition) is 2. The normalized spacial score (nSPS) is 24.8. The van der Waals surface area contributed by atoms with E-state index in [1.807, 2.05) is 0 Å². The van der Waals surface area contributed by atoms with E-state index in [0.29, 0.717) is 6.04 Å². The topological polar surface area (TPSA) is 49.3 Å². The molecule has 74 valence electrons. The molecule has 3 heteroatoms. The summed E-state index contributed by atoms with van der Waals surface area (Å²) in [5.74, 6) is 0.815. The predicted molar refractivity (Wildman–Crippen MR) is 49.5 cm³/mol. The molecule has 2 rings (SSSR count). The van der Waals surface area contributed by atoms with E-state index in [1.165, 1.54) is 25.7 Å². The molecule has 2 aliphatic carbocycles. The Bertz CT molecular complexity index is 197. The molecule has 2 saturated carbocycles. The third kappa shape index (κ3) is 2.21. The Kier molecular flexibility index (Phi) is 2.28. The van der Waals surface area contributed by atoms with Crippen LogP contribution >= 0.6 is 0 Å². The zero-order valence-electron chi connectivity index (χ0n) is 7.99. The summed E-state index contributed by atoms with van der Waals surface area (Å²) in [6, 6.07) is 0.109. The number of carboxylic acids is 1. The number of aliphatic carboxylic acids is 1. The summed E-state index contributed by atoms with van der Waals surface area (Å²) < 4.78 is 0. The van der Waals surface area contributed by atoms with E-state index in [4.69, 9.17) is 5.11 Å². The van der Waals surface area contributed by atoms with Gasteiger partial charge in [0.1, 0.15) is 6.04 Å². The molecule has 0 aromatic carbocycles. The minimum absolute atomic E-state index is 0.383. The van der Waals surface area contributed by atoms with Crippen LogP contribution < -0.4 is 5.32 Å². The Hall–Kier alpha value is -0.570. The highest BCUT2D eigenvalue weighted by Crippen LogP contribution is 2.44. The van der Waals surface area contributed by atoms with Gasteiger partial charge in [0.25, 0.3) is 0 Å². The highest BCUT2D eigenvalue weighted by molar-refractivity contribution is 5.72. The van der Waals surface area contributed by atoms with Crippen molar-refractivity contribution in [2.45, 2.75) is 44.7 Å². The van der Waals surface area contributed by atoms with Gasteiger partial charge in [-0.25, -0.2) is 0 Å². The third-order valence-electron chi connectivity index (χ3n) is 3.07. The maximum atomic E-state index is 10.7. The van der Waals surface area contributed by atoms with Crippen molar-refractivity contribution in [2.75, 3.05) is 0 Å². The van der Waals surface area contributed by atoms with Crippen LogP contribution in [0, 0.1) is 11.8 Å². The second-order valence-electron chi connectivity index (χ2n) is 4.43. The average Bonchev–Trinajstić information content (AvgIpc) is 2.90. The SMILES string of the molecule is CC(NC(C1CC1)C1CC1)C(=O)O. The Balaban J connectivity index is 1.85. The molecule has 0 spiro atoms. The number of carboxylic acid groups (broad SMARTS) is 1. The van der Waals surface area contributed by atoms with Gasteiger partial charge in [-0.15, -0.1) is 0 Å². The van der Waals surface area contributed by atoms with E-state index in [1.54, 1.807) is 6.92 Å². The Labute approximate surface area is 78.5 Å². The van der Waals surface area contributed by atoms with E-state index in [9.17, 15) is 4.79 Å². The standard InChI is InChI=1S/C10H17NO2/c1-6(10(12)13)11-9(7-2-3-7)8-4-5-8/h6-9,11H,2-5H2,1H3,(H,12,13). The molecule has 0 aliphatic heterocycles. The van der Waals surface area contributed by atoms with Crippen molar-refractivity contribution in [1.82, 2.24) is 5.32 Å².